The van der Waals surface area contributed by atoms with Crippen LogP contribution in [0.2, 0.25) is 0 Å². The Bertz CT molecular complexity index is 596. The lowest BCUT2D eigenvalue weighted by Crippen LogP contribution is -2.39. The first-order chi connectivity index (χ1) is 9.87. The number of hydrogen-bond acceptors (Lipinski definition) is 4. The van der Waals surface area contributed by atoms with Crippen molar-refractivity contribution >= 4 is 16.0 Å². The zero-order valence-electron chi connectivity index (χ0n) is 11.5. The van der Waals surface area contributed by atoms with Crippen LogP contribution in [-0.4, -0.2) is 36.7 Å². The average molecular weight is 313 g/mol. The molecule has 116 valence electrons. The van der Waals surface area contributed by atoms with E-state index in [2.05, 4.69) is 4.72 Å². The van der Waals surface area contributed by atoms with Gasteiger partial charge in [0.2, 0.25) is 10.0 Å². The Morgan fingerprint density at radius 3 is 2.48 bits per heavy atom. The van der Waals surface area contributed by atoms with Crippen molar-refractivity contribution in [2.24, 2.45) is 0 Å². The minimum absolute atomic E-state index is 0.108. The third kappa shape index (κ3) is 4.52. The molecule has 0 bridgehead atoms. The molecule has 1 fully saturated rings. The molecule has 2 atom stereocenters. The van der Waals surface area contributed by atoms with Crippen molar-refractivity contribution in [1.82, 2.24) is 4.72 Å². The summed E-state index contributed by atoms with van der Waals surface area (Å²) in [4.78, 5) is 10.7. The quantitative estimate of drug-likeness (QED) is 0.749. The normalized spacial score (nSPS) is 22.9. The van der Waals surface area contributed by atoms with Crippen LogP contribution in [0.1, 0.15) is 31.2 Å². The third-order valence-corrected chi connectivity index (χ3v) is 5.09. The predicted molar refractivity (Wildman–Crippen MR) is 76.4 cm³/mol. The molecule has 0 aromatic heterocycles. The molecule has 21 heavy (non-hydrogen) atoms. The maximum atomic E-state index is 12.2. The van der Waals surface area contributed by atoms with E-state index in [0.717, 1.165) is 6.42 Å². The van der Waals surface area contributed by atoms with Crippen LogP contribution in [-0.2, 0) is 21.2 Å². The molecule has 0 amide bonds. The fraction of sp³-hybridized carbons (Fsp3) is 0.500. The smallest absolute Gasteiger partial charge is 0.307 e. The molecule has 1 aromatic rings. The van der Waals surface area contributed by atoms with Crippen molar-refractivity contribution in [2.75, 3.05) is 0 Å². The molecule has 0 heterocycles. The molecule has 0 aliphatic heterocycles. The van der Waals surface area contributed by atoms with E-state index in [0.29, 0.717) is 24.8 Å². The minimum Gasteiger partial charge on any atom is -0.481 e. The number of carboxylic acid groups (broad SMARTS) is 1. The summed E-state index contributed by atoms with van der Waals surface area (Å²) in [6.07, 6.45) is 2.06. The number of aliphatic carboxylic acids is 1. The second-order valence-corrected chi connectivity index (χ2v) is 7.07. The molecule has 0 radical (unpaired) electrons. The topological polar surface area (TPSA) is 104 Å². The number of sulfonamides is 1. The second-order valence-electron chi connectivity index (χ2n) is 5.35. The lowest BCUT2D eigenvalue weighted by atomic mass is 9.94. The zero-order valence-corrected chi connectivity index (χ0v) is 12.3. The Balaban J connectivity index is 2.06. The molecule has 1 aromatic carbocycles. The van der Waals surface area contributed by atoms with E-state index in [1.54, 1.807) is 0 Å². The summed E-state index contributed by atoms with van der Waals surface area (Å²) in [5.41, 5.74) is 0.550. The van der Waals surface area contributed by atoms with Gasteiger partial charge in [0.25, 0.3) is 0 Å². The third-order valence-electron chi connectivity index (χ3n) is 3.56. The Kier molecular flexibility index (Phi) is 4.97. The summed E-state index contributed by atoms with van der Waals surface area (Å²) in [5, 5.41) is 18.3. The van der Waals surface area contributed by atoms with Gasteiger partial charge >= 0.3 is 5.97 Å². The summed E-state index contributed by atoms with van der Waals surface area (Å²) in [6, 6.07) is 5.55. The van der Waals surface area contributed by atoms with E-state index in [-0.39, 0.29) is 17.4 Å². The van der Waals surface area contributed by atoms with Crippen molar-refractivity contribution < 1.29 is 23.4 Å². The molecular formula is C14H19NO5S. The SMILES string of the molecule is O=C(O)Cc1ccc(S(=O)(=O)NC2CCCC(O)C2)cc1. The van der Waals surface area contributed by atoms with Crippen molar-refractivity contribution in [3.8, 4) is 0 Å². The number of aliphatic hydroxyl groups is 1. The van der Waals surface area contributed by atoms with Crippen molar-refractivity contribution in [3.63, 3.8) is 0 Å². The first kappa shape index (κ1) is 15.9. The number of hydrogen-bond donors (Lipinski definition) is 3. The maximum Gasteiger partial charge on any atom is 0.307 e. The summed E-state index contributed by atoms with van der Waals surface area (Å²) in [5.74, 6) is -0.958. The van der Waals surface area contributed by atoms with Gasteiger partial charge in [-0.1, -0.05) is 12.1 Å². The van der Waals surface area contributed by atoms with E-state index in [1.165, 1.54) is 24.3 Å². The largest absolute Gasteiger partial charge is 0.481 e. The van der Waals surface area contributed by atoms with Gasteiger partial charge in [-0.15, -0.1) is 0 Å². The fourth-order valence-electron chi connectivity index (χ4n) is 2.52. The monoisotopic (exact) mass is 313 g/mol. The van der Waals surface area contributed by atoms with E-state index < -0.39 is 22.1 Å². The standard InChI is InChI=1S/C14H19NO5S/c16-12-3-1-2-11(9-12)15-21(19,20)13-6-4-10(5-7-13)8-14(17)18/h4-7,11-12,15-16H,1-3,8-9H2,(H,17,18). The summed E-state index contributed by atoms with van der Waals surface area (Å²) >= 11 is 0. The van der Waals surface area contributed by atoms with Gasteiger partial charge in [0.15, 0.2) is 0 Å². The number of benzene rings is 1. The number of carboxylic acids is 1. The number of rotatable bonds is 5. The van der Waals surface area contributed by atoms with Crippen LogP contribution >= 0.6 is 0 Å². The molecule has 1 aliphatic carbocycles. The van der Waals surface area contributed by atoms with E-state index in [4.69, 9.17) is 5.11 Å². The van der Waals surface area contributed by atoms with Crippen LogP contribution in [0.4, 0.5) is 0 Å². The van der Waals surface area contributed by atoms with Crippen LogP contribution < -0.4 is 4.72 Å². The number of aliphatic hydroxyl groups excluding tert-OH is 1. The highest BCUT2D eigenvalue weighted by atomic mass is 32.2. The van der Waals surface area contributed by atoms with Crippen molar-refractivity contribution in [3.05, 3.63) is 29.8 Å². The average Bonchev–Trinajstić information content (AvgIpc) is 2.38. The van der Waals surface area contributed by atoms with Gasteiger partial charge < -0.3 is 10.2 Å². The van der Waals surface area contributed by atoms with Gasteiger partial charge in [-0.3, -0.25) is 4.79 Å². The zero-order chi connectivity index (χ0) is 15.5. The molecule has 2 unspecified atom stereocenters. The molecular weight excluding hydrogens is 294 g/mol. The molecule has 6 nitrogen and oxygen atoms in total. The van der Waals surface area contributed by atoms with Crippen LogP contribution in [0, 0.1) is 0 Å². The van der Waals surface area contributed by atoms with Crippen LogP contribution in [0.25, 0.3) is 0 Å². The highest BCUT2D eigenvalue weighted by molar-refractivity contribution is 7.89. The predicted octanol–water partition coefficient (Wildman–Crippen LogP) is 0.895. The van der Waals surface area contributed by atoms with Gasteiger partial charge in [-0.25, -0.2) is 13.1 Å². The summed E-state index contributed by atoms with van der Waals surface area (Å²) in [7, 11) is -3.64. The van der Waals surface area contributed by atoms with Crippen LogP contribution in [0.15, 0.2) is 29.2 Å². The molecule has 1 saturated carbocycles. The fourth-order valence-corrected chi connectivity index (χ4v) is 3.80. The first-order valence-electron chi connectivity index (χ1n) is 6.88. The highest BCUT2D eigenvalue weighted by Gasteiger charge is 2.25. The molecule has 7 heteroatoms. The van der Waals surface area contributed by atoms with Gasteiger partial charge in [0.05, 0.1) is 17.4 Å². The Labute approximate surface area is 123 Å². The van der Waals surface area contributed by atoms with E-state index in [9.17, 15) is 18.3 Å². The van der Waals surface area contributed by atoms with Gasteiger partial charge in [-0.2, -0.15) is 0 Å². The molecule has 0 spiro atoms. The molecule has 3 N–H and O–H groups in total. The van der Waals surface area contributed by atoms with E-state index in [1.807, 2.05) is 0 Å². The molecule has 0 saturated heterocycles. The van der Waals surface area contributed by atoms with Crippen LogP contribution in [0.3, 0.4) is 0 Å². The van der Waals surface area contributed by atoms with E-state index >= 15 is 0 Å². The second kappa shape index (κ2) is 6.55. The van der Waals surface area contributed by atoms with Crippen LogP contribution in [0.5, 0.6) is 0 Å². The number of nitrogens with one attached hydrogen (secondary N) is 1. The summed E-state index contributed by atoms with van der Waals surface area (Å²) < 4.78 is 27.1. The van der Waals surface area contributed by atoms with Gasteiger partial charge in [-0.05, 0) is 43.4 Å². The molecule has 1 aliphatic rings. The van der Waals surface area contributed by atoms with Gasteiger partial charge in [0.1, 0.15) is 0 Å². The lowest BCUT2D eigenvalue weighted by Gasteiger charge is -2.26. The highest BCUT2D eigenvalue weighted by Crippen LogP contribution is 2.20. The Morgan fingerprint density at radius 2 is 1.90 bits per heavy atom. The first-order valence-corrected chi connectivity index (χ1v) is 8.36. The number of carbonyl (C=O) groups is 1. The van der Waals surface area contributed by atoms with Crippen molar-refractivity contribution in [2.45, 2.75) is 49.1 Å². The summed E-state index contributed by atoms with van der Waals surface area (Å²) in [6.45, 7) is 0. The Morgan fingerprint density at radius 1 is 1.24 bits per heavy atom. The minimum atomic E-state index is -3.64. The molecule has 2 rings (SSSR count). The Hall–Kier alpha value is -1.44. The van der Waals surface area contributed by atoms with Gasteiger partial charge in [0, 0.05) is 6.04 Å². The maximum absolute atomic E-state index is 12.2. The van der Waals surface area contributed by atoms with Crippen molar-refractivity contribution in [1.29, 1.82) is 0 Å². The lowest BCUT2D eigenvalue weighted by molar-refractivity contribution is -0.136.